The lowest BCUT2D eigenvalue weighted by Crippen LogP contribution is -2.42. The lowest BCUT2D eigenvalue weighted by Gasteiger charge is -2.20. The van der Waals surface area contributed by atoms with Crippen LogP contribution in [0.3, 0.4) is 0 Å². The number of carbonyl (C=O) groups excluding carboxylic acids is 1. The summed E-state index contributed by atoms with van der Waals surface area (Å²) in [6.07, 6.45) is 0.893. The molecule has 126 valence electrons. The van der Waals surface area contributed by atoms with E-state index in [2.05, 4.69) is 22.8 Å². The SMILES string of the molecule is Cc1ccc(NC(=O)CN(C)C(=S)NCCc2ccccc2)cc1. The zero-order valence-corrected chi connectivity index (χ0v) is 14.9. The van der Waals surface area contributed by atoms with Crippen molar-refractivity contribution >= 4 is 28.9 Å². The summed E-state index contributed by atoms with van der Waals surface area (Å²) in [6.45, 7) is 2.97. The summed E-state index contributed by atoms with van der Waals surface area (Å²) < 4.78 is 0. The summed E-state index contributed by atoms with van der Waals surface area (Å²) in [5.41, 5.74) is 3.21. The van der Waals surface area contributed by atoms with Gasteiger partial charge in [0.05, 0.1) is 6.54 Å². The van der Waals surface area contributed by atoms with Crippen LogP contribution in [-0.2, 0) is 11.2 Å². The Morgan fingerprint density at radius 2 is 1.75 bits per heavy atom. The number of nitrogens with zero attached hydrogens (tertiary/aromatic N) is 1. The first-order valence-electron chi connectivity index (χ1n) is 7.94. The lowest BCUT2D eigenvalue weighted by molar-refractivity contribution is -0.116. The monoisotopic (exact) mass is 341 g/mol. The Balaban J connectivity index is 1.72. The van der Waals surface area contributed by atoms with E-state index in [0.717, 1.165) is 24.2 Å². The molecule has 0 unspecified atom stereocenters. The minimum Gasteiger partial charge on any atom is -0.362 e. The smallest absolute Gasteiger partial charge is 0.243 e. The Kier molecular flexibility index (Phi) is 6.75. The quantitative estimate of drug-likeness (QED) is 0.793. The molecule has 1 amide bonds. The van der Waals surface area contributed by atoms with Crippen molar-refractivity contribution in [3.05, 3.63) is 65.7 Å². The van der Waals surface area contributed by atoms with Crippen LogP contribution in [0.5, 0.6) is 0 Å². The normalized spacial score (nSPS) is 10.1. The van der Waals surface area contributed by atoms with E-state index in [1.807, 2.05) is 56.4 Å². The van der Waals surface area contributed by atoms with E-state index in [1.54, 1.807) is 4.90 Å². The summed E-state index contributed by atoms with van der Waals surface area (Å²) in [4.78, 5) is 13.8. The van der Waals surface area contributed by atoms with Gasteiger partial charge in [-0.3, -0.25) is 4.79 Å². The van der Waals surface area contributed by atoms with Gasteiger partial charge in [-0.2, -0.15) is 0 Å². The molecule has 0 aliphatic heterocycles. The third-order valence-electron chi connectivity index (χ3n) is 3.60. The molecule has 4 nitrogen and oxygen atoms in total. The summed E-state index contributed by atoms with van der Waals surface area (Å²) >= 11 is 5.33. The van der Waals surface area contributed by atoms with Crippen molar-refractivity contribution in [2.75, 3.05) is 25.5 Å². The summed E-state index contributed by atoms with van der Waals surface area (Å²) in [5.74, 6) is -0.0893. The average Bonchev–Trinajstić information content (AvgIpc) is 2.57. The van der Waals surface area contributed by atoms with Gasteiger partial charge in [0, 0.05) is 19.3 Å². The van der Waals surface area contributed by atoms with Gasteiger partial charge < -0.3 is 15.5 Å². The molecule has 0 heterocycles. The zero-order chi connectivity index (χ0) is 17.4. The highest BCUT2D eigenvalue weighted by Gasteiger charge is 2.09. The van der Waals surface area contributed by atoms with E-state index >= 15 is 0 Å². The fraction of sp³-hybridized carbons (Fsp3) is 0.263. The second kappa shape index (κ2) is 9.03. The molecule has 0 spiro atoms. The van der Waals surface area contributed by atoms with E-state index in [9.17, 15) is 4.79 Å². The van der Waals surface area contributed by atoms with Crippen molar-refractivity contribution in [1.82, 2.24) is 10.2 Å². The Morgan fingerprint density at radius 3 is 2.42 bits per heavy atom. The minimum atomic E-state index is -0.0893. The third-order valence-corrected chi connectivity index (χ3v) is 4.05. The molecule has 0 aliphatic rings. The Hall–Kier alpha value is -2.40. The molecule has 2 rings (SSSR count). The second-order valence-corrected chi connectivity index (χ2v) is 6.12. The maximum Gasteiger partial charge on any atom is 0.243 e. The van der Waals surface area contributed by atoms with Crippen molar-refractivity contribution < 1.29 is 4.79 Å². The van der Waals surface area contributed by atoms with Crippen LogP contribution < -0.4 is 10.6 Å². The van der Waals surface area contributed by atoms with Gasteiger partial charge >= 0.3 is 0 Å². The number of nitrogens with one attached hydrogen (secondary N) is 2. The fourth-order valence-corrected chi connectivity index (χ4v) is 2.38. The number of anilines is 1. The minimum absolute atomic E-state index is 0.0893. The number of hydrogen-bond donors (Lipinski definition) is 2. The van der Waals surface area contributed by atoms with Crippen molar-refractivity contribution in [1.29, 1.82) is 0 Å². The van der Waals surface area contributed by atoms with Crippen LogP contribution in [0.4, 0.5) is 5.69 Å². The van der Waals surface area contributed by atoms with Crippen molar-refractivity contribution in [3.8, 4) is 0 Å². The number of hydrogen-bond acceptors (Lipinski definition) is 2. The Labute approximate surface area is 148 Å². The fourth-order valence-electron chi connectivity index (χ4n) is 2.22. The first-order valence-corrected chi connectivity index (χ1v) is 8.35. The highest BCUT2D eigenvalue weighted by atomic mass is 32.1. The predicted molar refractivity (Wildman–Crippen MR) is 103 cm³/mol. The number of rotatable bonds is 6. The standard InChI is InChI=1S/C19H23N3OS/c1-15-8-10-17(11-9-15)21-18(23)14-22(2)19(24)20-13-12-16-6-4-3-5-7-16/h3-11H,12-14H2,1-2H3,(H,20,24)(H,21,23). The van der Waals surface area contributed by atoms with Crippen LogP contribution in [0.25, 0.3) is 0 Å². The molecule has 0 aromatic heterocycles. The molecule has 0 bridgehead atoms. The number of thiocarbonyl (C=S) groups is 1. The molecule has 2 aromatic carbocycles. The number of aryl methyl sites for hydroxylation is 1. The molecule has 0 saturated heterocycles. The van der Waals surface area contributed by atoms with Gasteiger partial charge in [-0.25, -0.2) is 0 Å². The second-order valence-electron chi connectivity index (χ2n) is 5.74. The first-order chi connectivity index (χ1) is 11.5. The molecule has 0 fully saturated rings. The molecule has 24 heavy (non-hydrogen) atoms. The van der Waals surface area contributed by atoms with Crippen LogP contribution in [0, 0.1) is 6.92 Å². The number of benzene rings is 2. The average molecular weight is 341 g/mol. The van der Waals surface area contributed by atoms with E-state index < -0.39 is 0 Å². The molecule has 0 saturated carbocycles. The highest BCUT2D eigenvalue weighted by Crippen LogP contribution is 2.08. The summed E-state index contributed by atoms with van der Waals surface area (Å²) in [5, 5.41) is 6.63. The number of likely N-dealkylation sites (N-methyl/N-ethyl adjacent to an activating group) is 1. The van der Waals surface area contributed by atoms with Crippen molar-refractivity contribution in [2.24, 2.45) is 0 Å². The van der Waals surface area contributed by atoms with Crippen LogP contribution in [0.2, 0.25) is 0 Å². The van der Waals surface area contributed by atoms with Gasteiger partial charge in [0.25, 0.3) is 0 Å². The van der Waals surface area contributed by atoms with E-state index in [4.69, 9.17) is 12.2 Å². The van der Waals surface area contributed by atoms with E-state index in [1.165, 1.54) is 5.56 Å². The summed E-state index contributed by atoms with van der Waals surface area (Å²) in [6, 6.07) is 17.9. The molecule has 0 radical (unpaired) electrons. The molecule has 2 N–H and O–H groups in total. The van der Waals surface area contributed by atoms with Gasteiger partial charge in [-0.05, 0) is 43.3 Å². The molecular weight excluding hydrogens is 318 g/mol. The largest absolute Gasteiger partial charge is 0.362 e. The van der Waals surface area contributed by atoms with Gasteiger partial charge in [0.15, 0.2) is 5.11 Å². The van der Waals surface area contributed by atoms with Gasteiger partial charge in [0.2, 0.25) is 5.91 Å². The van der Waals surface area contributed by atoms with Crippen molar-refractivity contribution in [2.45, 2.75) is 13.3 Å². The highest BCUT2D eigenvalue weighted by molar-refractivity contribution is 7.80. The van der Waals surface area contributed by atoms with Gasteiger partial charge in [-0.1, -0.05) is 48.0 Å². The van der Waals surface area contributed by atoms with Crippen molar-refractivity contribution in [3.63, 3.8) is 0 Å². The van der Waals surface area contributed by atoms with Gasteiger partial charge in [-0.15, -0.1) is 0 Å². The van der Waals surface area contributed by atoms with Crippen LogP contribution in [0.1, 0.15) is 11.1 Å². The predicted octanol–water partition coefficient (Wildman–Crippen LogP) is 2.98. The molecule has 0 aliphatic carbocycles. The van der Waals surface area contributed by atoms with Gasteiger partial charge in [0.1, 0.15) is 0 Å². The van der Waals surface area contributed by atoms with E-state index in [-0.39, 0.29) is 12.5 Å². The van der Waals surface area contributed by atoms with E-state index in [0.29, 0.717) is 5.11 Å². The third kappa shape index (κ3) is 6.01. The van der Waals surface area contributed by atoms with Crippen LogP contribution in [-0.4, -0.2) is 36.1 Å². The molecule has 5 heteroatoms. The Bertz CT molecular complexity index is 671. The summed E-state index contributed by atoms with van der Waals surface area (Å²) in [7, 11) is 1.81. The molecule has 2 aromatic rings. The molecular formula is C19H23N3OS. The number of carbonyl (C=O) groups is 1. The maximum atomic E-state index is 12.1. The number of amides is 1. The maximum absolute atomic E-state index is 12.1. The van der Waals surface area contributed by atoms with Crippen LogP contribution >= 0.6 is 12.2 Å². The zero-order valence-electron chi connectivity index (χ0n) is 14.1. The van der Waals surface area contributed by atoms with Crippen LogP contribution in [0.15, 0.2) is 54.6 Å². The lowest BCUT2D eigenvalue weighted by atomic mass is 10.1. The molecule has 0 atom stereocenters. The Morgan fingerprint density at radius 1 is 1.08 bits per heavy atom. The first kappa shape index (κ1) is 17.9. The topological polar surface area (TPSA) is 44.4 Å².